The molecule has 0 saturated carbocycles. The molecule has 1 rings (SSSR count). The Bertz CT molecular complexity index is 343. The molecule has 0 aromatic carbocycles. The van der Waals surface area contributed by atoms with Crippen molar-refractivity contribution < 1.29 is 14.7 Å². The van der Waals surface area contributed by atoms with Gasteiger partial charge in [-0.05, 0) is 20.8 Å². The van der Waals surface area contributed by atoms with E-state index < -0.39 is 5.97 Å². The Hall–Kier alpha value is -0.980. The summed E-state index contributed by atoms with van der Waals surface area (Å²) in [7, 11) is 0. The lowest BCUT2D eigenvalue weighted by molar-refractivity contribution is -0.0761. The molecule has 0 atom stereocenters. The van der Waals surface area contributed by atoms with Crippen LogP contribution >= 0.6 is 11.3 Å². The first-order valence-corrected chi connectivity index (χ1v) is 5.35. The minimum atomic E-state index is -0.997. The highest BCUT2D eigenvalue weighted by atomic mass is 32.1. The molecule has 0 radical (unpaired) electrons. The normalized spacial score (nSPS) is 11.7. The topological polar surface area (TPSA) is 71.5 Å². The van der Waals surface area contributed by atoms with E-state index in [2.05, 4.69) is 10.5 Å². The van der Waals surface area contributed by atoms with Gasteiger partial charge in [0.1, 0.15) is 0 Å². The second-order valence-corrected chi connectivity index (χ2v) is 4.84. The average Bonchev–Trinajstić information content (AvgIpc) is 2.50. The molecule has 1 aromatic rings. The van der Waals surface area contributed by atoms with Crippen LogP contribution in [0.2, 0.25) is 0 Å². The number of rotatable bonds is 4. The van der Waals surface area contributed by atoms with Gasteiger partial charge < -0.3 is 5.11 Å². The highest BCUT2D eigenvalue weighted by Crippen LogP contribution is 2.10. The highest BCUT2D eigenvalue weighted by molar-refractivity contribution is 7.11. The lowest BCUT2D eigenvalue weighted by Gasteiger charge is -2.18. The molecule has 0 aliphatic rings. The molecule has 0 unspecified atom stereocenters. The van der Waals surface area contributed by atoms with Crippen molar-refractivity contribution in [3.63, 3.8) is 0 Å². The Balaban J connectivity index is 2.41. The van der Waals surface area contributed by atoms with Gasteiger partial charge in [-0.25, -0.2) is 9.78 Å². The van der Waals surface area contributed by atoms with Crippen LogP contribution in [0.25, 0.3) is 0 Å². The molecule has 0 amide bonds. The minimum Gasteiger partial charge on any atom is -0.476 e. The van der Waals surface area contributed by atoms with E-state index >= 15 is 0 Å². The van der Waals surface area contributed by atoms with Crippen LogP contribution in [0.3, 0.4) is 0 Å². The summed E-state index contributed by atoms with van der Waals surface area (Å²) in [6, 6.07) is 0. The lowest BCUT2D eigenvalue weighted by Crippen LogP contribution is -2.28. The van der Waals surface area contributed by atoms with Gasteiger partial charge in [0.15, 0.2) is 0 Å². The van der Waals surface area contributed by atoms with E-state index in [1.54, 1.807) is 5.38 Å². The predicted molar refractivity (Wildman–Crippen MR) is 56.8 cm³/mol. The number of hydroxylamine groups is 1. The van der Waals surface area contributed by atoms with Gasteiger partial charge in [0.2, 0.25) is 5.01 Å². The number of nitrogens with one attached hydrogen (secondary N) is 1. The van der Waals surface area contributed by atoms with E-state index in [0.29, 0.717) is 12.2 Å². The van der Waals surface area contributed by atoms with Crippen LogP contribution in [0.1, 0.15) is 36.3 Å². The quantitative estimate of drug-likeness (QED) is 0.770. The summed E-state index contributed by atoms with van der Waals surface area (Å²) in [6.07, 6.45) is 0. The summed E-state index contributed by atoms with van der Waals surface area (Å²) >= 11 is 1.11. The zero-order chi connectivity index (χ0) is 11.5. The molecule has 5 nitrogen and oxygen atoms in total. The van der Waals surface area contributed by atoms with E-state index in [1.807, 2.05) is 20.8 Å². The lowest BCUT2D eigenvalue weighted by atomic mass is 10.2. The average molecular weight is 230 g/mol. The zero-order valence-corrected chi connectivity index (χ0v) is 9.72. The van der Waals surface area contributed by atoms with Crippen LogP contribution < -0.4 is 5.48 Å². The molecule has 1 heterocycles. The highest BCUT2D eigenvalue weighted by Gasteiger charge is 2.12. The van der Waals surface area contributed by atoms with Crippen molar-refractivity contribution in [1.82, 2.24) is 10.5 Å². The monoisotopic (exact) mass is 230 g/mol. The van der Waals surface area contributed by atoms with Crippen molar-refractivity contribution >= 4 is 17.3 Å². The predicted octanol–water partition coefficient (Wildman–Crippen LogP) is 1.66. The second kappa shape index (κ2) is 4.69. The Morgan fingerprint density at radius 2 is 2.33 bits per heavy atom. The van der Waals surface area contributed by atoms with E-state index in [9.17, 15) is 4.79 Å². The van der Waals surface area contributed by atoms with Crippen molar-refractivity contribution in [2.24, 2.45) is 0 Å². The molecule has 0 saturated heterocycles. The third kappa shape index (κ3) is 4.37. The summed E-state index contributed by atoms with van der Waals surface area (Å²) in [6.45, 7) is 6.16. The Kier molecular flexibility index (Phi) is 3.78. The Morgan fingerprint density at radius 1 is 1.67 bits per heavy atom. The van der Waals surface area contributed by atoms with Gasteiger partial charge in [-0.3, -0.25) is 4.84 Å². The van der Waals surface area contributed by atoms with Gasteiger partial charge >= 0.3 is 5.97 Å². The van der Waals surface area contributed by atoms with Crippen LogP contribution in [-0.2, 0) is 11.4 Å². The van der Waals surface area contributed by atoms with Crippen LogP contribution in [-0.4, -0.2) is 21.7 Å². The third-order valence-electron chi connectivity index (χ3n) is 1.37. The van der Waals surface area contributed by atoms with Crippen LogP contribution in [0.5, 0.6) is 0 Å². The van der Waals surface area contributed by atoms with Crippen molar-refractivity contribution in [1.29, 1.82) is 0 Å². The number of carboxylic acids is 1. The fraction of sp³-hybridized carbons (Fsp3) is 0.556. The van der Waals surface area contributed by atoms with E-state index in [0.717, 1.165) is 11.3 Å². The van der Waals surface area contributed by atoms with Crippen molar-refractivity contribution in [3.8, 4) is 0 Å². The van der Waals surface area contributed by atoms with E-state index in [1.165, 1.54) is 0 Å². The van der Waals surface area contributed by atoms with Gasteiger partial charge in [-0.2, -0.15) is 5.48 Å². The molecular weight excluding hydrogens is 216 g/mol. The largest absolute Gasteiger partial charge is 0.476 e. The fourth-order valence-corrected chi connectivity index (χ4v) is 1.47. The molecule has 6 heteroatoms. The second-order valence-electron chi connectivity index (χ2n) is 3.98. The molecule has 1 aromatic heterocycles. The maximum Gasteiger partial charge on any atom is 0.365 e. The van der Waals surface area contributed by atoms with Crippen molar-refractivity contribution in [2.75, 3.05) is 0 Å². The third-order valence-corrected chi connectivity index (χ3v) is 2.25. The van der Waals surface area contributed by atoms with Gasteiger partial charge in [0, 0.05) is 5.38 Å². The number of nitrogens with zero attached hydrogens (tertiary/aromatic N) is 1. The number of hydrogen-bond donors (Lipinski definition) is 2. The number of aromatic nitrogens is 1. The van der Waals surface area contributed by atoms with Crippen molar-refractivity contribution in [2.45, 2.75) is 32.9 Å². The maximum absolute atomic E-state index is 10.5. The number of hydrogen-bond acceptors (Lipinski definition) is 5. The van der Waals surface area contributed by atoms with Crippen LogP contribution in [0, 0.1) is 0 Å². The molecule has 2 N–H and O–H groups in total. The molecule has 0 aliphatic carbocycles. The van der Waals surface area contributed by atoms with Crippen LogP contribution in [0.4, 0.5) is 0 Å². The number of thiazole rings is 1. The van der Waals surface area contributed by atoms with Crippen molar-refractivity contribution in [3.05, 3.63) is 16.1 Å². The summed E-state index contributed by atoms with van der Waals surface area (Å²) in [5, 5.41) is 10.4. The first-order chi connectivity index (χ1) is 6.88. The van der Waals surface area contributed by atoms with Gasteiger partial charge in [-0.1, -0.05) is 0 Å². The standard InChI is InChI=1S/C9H14N2O3S/c1-9(2,3)14-10-4-6-5-15-7(11-6)8(12)13/h5,10H,4H2,1-3H3,(H,12,13). The molecule has 0 fully saturated rings. The van der Waals surface area contributed by atoms with E-state index in [4.69, 9.17) is 9.94 Å². The molecule has 84 valence electrons. The molecule has 0 spiro atoms. The molecule has 0 bridgehead atoms. The fourth-order valence-electron chi connectivity index (χ4n) is 0.813. The summed E-state index contributed by atoms with van der Waals surface area (Å²) in [4.78, 5) is 19.7. The SMILES string of the molecule is CC(C)(C)ONCc1csc(C(=O)O)n1. The summed E-state index contributed by atoms with van der Waals surface area (Å²) in [5.41, 5.74) is 3.14. The number of carboxylic acid groups (broad SMARTS) is 1. The Labute approximate surface area is 92.1 Å². The van der Waals surface area contributed by atoms with E-state index in [-0.39, 0.29) is 10.6 Å². The Morgan fingerprint density at radius 3 is 2.80 bits per heavy atom. The summed E-state index contributed by atoms with van der Waals surface area (Å²) in [5.74, 6) is -0.997. The molecule has 15 heavy (non-hydrogen) atoms. The molecular formula is C9H14N2O3S. The first-order valence-electron chi connectivity index (χ1n) is 4.47. The molecule has 0 aliphatic heterocycles. The maximum atomic E-state index is 10.5. The van der Waals surface area contributed by atoms with Gasteiger partial charge in [0.05, 0.1) is 17.8 Å². The minimum absolute atomic E-state index is 0.0996. The van der Waals surface area contributed by atoms with Gasteiger partial charge in [-0.15, -0.1) is 11.3 Å². The smallest absolute Gasteiger partial charge is 0.365 e. The van der Waals surface area contributed by atoms with Gasteiger partial charge in [0.25, 0.3) is 0 Å². The summed E-state index contributed by atoms with van der Waals surface area (Å²) < 4.78 is 0. The van der Waals surface area contributed by atoms with Crippen LogP contribution in [0.15, 0.2) is 5.38 Å². The first kappa shape index (κ1) is 12.1. The number of aromatic carboxylic acids is 1. The zero-order valence-electron chi connectivity index (χ0n) is 8.90. The number of carbonyl (C=O) groups is 1.